The minimum absolute atomic E-state index is 0.0279. The van der Waals surface area contributed by atoms with Crippen LogP contribution in [-0.4, -0.2) is 15.2 Å². The molecule has 1 aliphatic heterocycles. The van der Waals surface area contributed by atoms with E-state index in [0.717, 1.165) is 27.6 Å². The summed E-state index contributed by atoms with van der Waals surface area (Å²) in [7, 11) is 0. The van der Waals surface area contributed by atoms with Gasteiger partial charge in [-0.3, -0.25) is 19.8 Å². The second-order valence-electron chi connectivity index (χ2n) is 7.47. The van der Waals surface area contributed by atoms with Crippen LogP contribution in [-0.2, 0) is 4.79 Å². The van der Waals surface area contributed by atoms with Gasteiger partial charge in [-0.25, -0.2) is 0 Å². The van der Waals surface area contributed by atoms with E-state index < -0.39 is 4.92 Å². The first kappa shape index (κ1) is 21.1. The van der Waals surface area contributed by atoms with Crippen LogP contribution in [0.2, 0.25) is 0 Å². The number of non-ortho nitro benzene ring substituents is 1. The standard InChI is InChI=1S/C25H16N2O4S2/c1-15-13-17(27(29)30)9-11-19(15)22-12-10-18(31-22)14-23-24(28)26(25(32)33-23)21-8-4-6-16-5-2-3-7-20(16)21/h2-14H,1H3/b23-14+. The maximum absolute atomic E-state index is 13.2. The molecule has 1 fully saturated rings. The molecule has 162 valence electrons. The van der Waals surface area contributed by atoms with Gasteiger partial charge >= 0.3 is 0 Å². The van der Waals surface area contributed by atoms with Gasteiger partial charge in [0.2, 0.25) is 0 Å². The number of hydrogen-bond acceptors (Lipinski definition) is 6. The molecule has 0 atom stereocenters. The van der Waals surface area contributed by atoms with Gasteiger partial charge in [0.1, 0.15) is 11.5 Å². The minimum Gasteiger partial charge on any atom is -0.457 e. The molecule has 0 bridgehead atoms. The summed E-state index contributed by atoms with van der Waals surface area (Å²) in [4.78, 5) is 25.8. The van der Waals surface area contributed by atoms with Crippen molar-refractivity contribution in [2.24, 2.45) is 0 Å². The Morgan fingerprint density at radius 2 is 1.85 bits per heavy atom. The van der Waals surface area contributed by atoms with Crippen LogP contribution in [0.3, 0.4) is 0 Å². The van der Waals surface area contributed by atoms with Crippen molar-refractivity contribution in [3.63, 3.8) is 0 Å². The van der Waals surface area contributed by atoms with Crippen molar-refractivity contribution in [3.05, 3.63) is 99.1 Å². The zero-order valence-corrected chi connectivity index (χ0v) is 19.0. The summed E-state index contributed by atoms with van der Waals surface area (Å²) in [5.41, 5.74) is 2.26. The van der Waals surface area contributed by atoms with Crippen LogP contribution in [0.5, 0.6) is 0 Å². The van der Waals surface area contributed by atoms with Crippen LogP contribution in [0.4, 0.5) is 11.4 Å². The zero-order chi connectivity index (χ0) is 23.1. The molecule has 6 nitrogen and oxygen atoms in total. The first-order chi connectivity index (χ1) is 15.9. The van der Waals surface area contributed by atoms with Crippen LogP contribution >= 0.6 is 24.0 Å². The van der Waals surface area contributed by atoms with Crippen molar-refractivity contribution in [1.82, 2.24) is 0 Å². The number of carbonyl (C=O) groups is 1. The van der Waals surface area contributed by atoms with Crippen molar-refractivity contribution in [2.75, 3.05) is 4.90 Å². The van der Waals surface area contributed by atoms with E-state index in [1.54, 1.807) is 36.1 Å². The topological polar surface area (TPSA) is 76.6 Å². The van der Waals surface area contributed by atoms with Crippen molar-refractivity contribution in [3.8, 4) is 11.3 Å². The Labute approximate surface area is 198 Å². The number of furan rings is 1. The minimum atomic E-state index is -0.428. The largest absolute Gasteiger partial charge is 0.457 e. The zero-order valence-electron chi connectivity index (χ0n) is 17.3. The molecule has 1 aromatic heterocycles. The lowest BCUT2D eigenvalue weighted by atomic mass is 10.1. The molecular weight excluding hydrogens is 456 g/mol. The number of thioether (sulfide) groups is 1. The van der Waals surface area contributed by atoms with Gasteiger partial charge in [0, 0.05) is 29.2 Å². The average molecular weight is 473 g/mol. The third-order valence-corrected chi connectivity index (χ3v) is 6.69. The fraction of sp³-hybridized carbons (Fsp3) is 0.0400. The molecule has 0 saturated carbocycles. The van der Waals surface area contributed by atoms with Gasteiger partial charge in [-0.1, -0.05) is 60.4 Å². The Morgan fingerprint density at radius 3 is 2.64 bits per heavy atom. The maximum atomic E-state index is 13.2. The second-order valence-corrected chi connectivity index (χ2v) is 9.15. The van der Waals surface area contributed by atoms with Crippen LogP contribution < -0.4 is 4.90 Å². The number of nitro groups is 1. The number of thiocarbonyl (C=S) groups is 1. The first-order valence-electron chi connectivity index (χ1n) is 10.0. The van der Waals surface area contributed by atoms with Crippen molar-refractivity contribution >= 4 is 62.4 Å². The predicted octanol–water partition coefficient (Wildman–Crippen LogP) is 6.72. The molecule has 1 aliphatic rings. The quantitative estimate of drug-likeness (QED) is 0.142. The summed E-state index contributed by atoms with van der Waals surface area (Å²) >= 11 is 6.76. The number of nitro benzene ring substituents is 1. The van der Waals surface area contributed by atoms with E-state index in [-0.39, 0.29) is 11.6 Å². The van der Waals surface area contributed by atoms with Gasteiger partial charge < -0.3 is 4.42 Å². The van der Waals surface area contributed by atoms with Crippen LogP contribution in [0.25, 0.3) is 28.2 Å². The Kier molecular flexibility index (Phi) is 5.32. The van der Waals surface area contributed by atoms with Gasteiger partial charge in [0.25, 0.3) is 11.6 Å². The Hall–Kier alpha value is -3.75. The fourth-order valence-electron chi connectivity index (χ4n) is 3.82. The fourth-order valence-corrected chi connectivity index (χ4v) is 5.09. The van der Waals surface area contributed by atoms with Crippen LogP contribution in [0.1, 0.15) is 11.3 Å². The Balaban J connectivity index is 1.46. The lowest BCUT2D eigenvalue weighted by Crippen LogP contribution is -2.27. The number of amides is 1. The summed E-state index contributed by atoms with van der Waals surface area (Å²) in [5.74, 6) is 0.866. The highest BCUT2D eigenvalue weighted by atomic mass is 32.2. The van der Waals surface area contributed by atoms with Gasteiger partial charge in [0.05, 0.1) is 15.5 Å². The van der Waals surface area contributed by atoms with E-state index in [2.05, 4.69) is 0 Å². The number of aryl methyl sites for hydroxylation is 1. The van der Waals surface area contributed by atoms with Gasteiger partial charge in [-0.2, -0.15) is 0 Å². The van der Waals surface area contributed by atoms with Crippen LogP contribution in [0.15, 0.2) is 82.1 Å². The maximum Gasteiger partial charge on any atom is 0.270 e. The lowest BCUT2D eigenvalue weighted by molar-refractivity contribution is -0.384. The van der Waals surface area contributed by atoms with Gasteiger partial charge in [0.15, 0.2) is 4.32 Å². The van der Waals surface area contributed by atoms with Crippen molar-refractivity contribution in [1.29, 1.82) is 0 Å². The summed E-state index contributed by atoms with van der Waals surface area (Å²) in [6.07, 6.45) is 1.68. The molecule has 3 aromatic carbocycles. The monoisotopic (exact) mass is 472 g/mol. The van der Waals surface area contributed by atoms with E-state index in [1.807, 2.05) is 42.5 Å². The predicted molar refractivity (Wildman–Crippen MR) is 135 cm³/mol. The molecule has 5 rings (SSSR count). The summed E-state index contributed by atoms with van der Waals surface area (Å²) in [6.45, 7) is 1.79. The van der Waals surface area contributed by atoms with Crippen LogP contribution in [0, 0.1) is 17.0 Å². The smallest absolute Gasteiger partial charge is 0.270 e. The van der Waals surface area contributed by atoms with Crippen molar-refractivity contribution < 1.29 is 14.1 Å². The number of benzene rings is 3. The van der Waals surface area contributed by atoms with Crippen molar-refractivity contribution in [2.45, 2.75) is 6.92 Å². The molecule has 0 radical (unpaired) electrons. The third-order valence-electron chi connectivity index (χ3n) is 5.39. The van der Waals surface area contributed by atoms with E-state index in [9.17, 15) is 14.9 Å². The highest BCUT2D eigenvalue weighted by Crippen LogP contribution is 2.39. The lowest BCUT2D eigenvalue weighted by Gasteiger charge is -2.17. The number of anilines is 1. The van der Waals surface area contributed by atoms with E-state index in [1.165, 1.54) is 23.9 Å². The number of carbonyl (C=O) groups excluding carboxylic acids is 1. The molecule has 4 aromatic rings. The number of fused-ring (bicyclic) bond motifs is 1. The van der Waals surface area contributed by atoms with E-state index >= 15 is 0 Å². The molecule has 0 aliphatic carbocycles. The average Bonchev–Trinajstić information content (AvgIpc) is 3.37. The normalized spacial score (nSPS) is 15.1. The van der Waals surface area contributed by atoms with E-state index in [4.69, 9.17) is 16.6 Å². The highest BCUT2D eigenvalue weighted by Gasteiger charge is 2.34. The number of hydrogen-bond donors (Lipinski definition) is 0. The highest BCUT2D eigenvalue weighted by molar-refractivity contribution is 8.27. The molecule has 1 saturated heterocycles. The number of rotatable bonds is 4. The van der Waals surface area contributed by atoms with E-state index in [0.29, 0.717) is 20.7 Å². The summed E-state index contributed by atoms with van der Waals surface area (Å²) in [5, 5.41) is 13.0. The second kappa shape index (κ2) is 8.31. The number of nitrogens with zero attached hydrogens (tertiary/aromatic N) is 2. The molecule has 0 spiro atoms. The SMILES string of the molecule is Cc1cc([N+](=O)[O-])ccc1-c1ccc(/C=C2/SC(=S)N(c3cccc4ccccc34)C2=O)o1. The molecular formula is C25H16N2O4S2. The van der Waals surface area contributed by atoms with Gasteiger partial charge in [-0.05, 0) is 42.1 Å². The molecule has 2 heterocycles. The molecule has 0 unspecified atom stereocenters. The Morgan fingerprint density at radius 1 is 1.06 bits per heavy atom. The summed E-state index contributed by atoms with van der Waals surface area (Å²) in [6, 6.07) is 21.8. The third kappa shape index (κ3) is 3.83. The molecule has 8 heteroatoms. The molecule has 0 N–H and O–H groups in total. The summed E-state index contributed by atoms with van der Waals surface area (Å²) < 4.78 is 6.39. The Bertz CT molecular complexity index is 1480. The molecule has 33 heavy (non-hydrogen) atoms. The first-order valence-corrected chi connectivity index (χ1v) is 11.3. The van der Waals surface area contributed by atoms with Gasteiger partial charge in [-0.15, -0.1) is 0 Å². The molecule has 1 amide bonds.